The van der Waals surface area contributed by atoms with Gasteiger partial charge in [0.15, 0.2) is 0 Å². The Morgan fingerprint density at radius 2 is 2.11 bits per heavy atom. The first-order valence-electron chi connectivity index (χ1n) is 6.57. The van der Waals surface area contributed by atoms with Gasteiger partial charge in [-0.05, 0) is 55.9 Å². The van der Waals surface area contributed by atoms with Crippen LogP contribution < -0.4 is 5.32 Å². The molecule has 0 spiro atoms. The van der Waals surface area contributed by atoms with E-state index in [4.69, 9.17) is 0 Å². The molecule has 1 aliphatic carbocycles. The molecule has 0 saturated heterocycles. The molecule has 1 aliphatic rings. The molecule has 1 aromatic rings. The molecular formula is C15H20BrNO. The van der Waals surface area contributed by atoms with Crippen molar-refractivity contribution in [2.24, 2.45) is 5.92 Å². The van der Waals surface area contributed by atoms with Gasteiger partial charge < -0.3 is 5.32 Å². The lowest BCUT2D eigenvalue weighted by Crippen LogP contribution is -2.31. The smallest absolute Gasteiger partial charge is 0.251 e. The summed E-state index contributed by atoms with van der Waals surface area (Å²) >= 11 is 3.68. The normalized spacial score (nSPS) is 23.1. The number of halogens is 1. The maximum atomic E-state index is 12.0. The Bertz CT molecular complexity index is 444. The van der Waals surface area contributed by atoms with Gasteiger partial charge >= 0.3 is 0 Å². The standard InChI is InChI=1S/C15H20BrNO/c1-10-6-7-12(8-11(10)2)15(18)17-9-13-4-3-5-14(13)16/h6-8,13-14H,3-5,9H2,1-2H3,(H,17,18). The topological polar surface area (TPSA) is 29.1 Å². The van der Waals surface area contributed by atoms with E-state index < -0.39 is 0 Å². The van der Waals surface area contributed by atoms with Crippen LogP contribution in [-0.2, 0) is 0 Å². The molecule has 1 saturated carbocycles. The summed E-state index contributed by atoms with van der Waals surface area (Å²) in [6.45, 7) is 4.88. The summed E-state index contributed by atoms with van der Waals surface area (Å²) in [6.07, 6.45) is 3.70. The molecule has 0 aliphatic heterocycles. The summed E-state index contributed by atoms with van der Waals surface area (Å²) in [7, 11) is 0. The van der Waals surface area contributed by atoms with Gasteiger partial charge in [-0.3, -0.25) is 4.79 Å². The molecule has 1 fully saturated rings. The molecule has 1 N–H and O–H groups in total. The van der Waals surface area contributed by atoms with Crippen molar-refractivity contribution in [3.05, 3.63) is 34.9 Å². The number of carbonyl (C=O) groups is 1. The maximum absolute atomic E-state index is 12.0. The van der Waals surface area contributed by atoms with Crippen LogP contribution in [0.15, 0.2) is 18.2 Å². The highest BCUT2D eigenvalue weighted by molar-refractivity contribution is 9.09. The summed E-state index contributed by atoms with van der Waals surface area (Å²) in [5.41, 5.74) is 3.16. The number of hydrogen-bond donors (Lipinski definition) is 1. The third kappa shape index (κ3) is 3.14. The number of carbonyl (C=O) groups excluding carboxylic acids is 1. The van der Waals surface area contributed by atoms with Crippen molar-refractivity contribution >= 4 is 21.8 Å². The van der Waals surface area contributed by atoms with E-state index >= 15 is 0 Å². The van der Waals surface area contributed by atoms with Crippen molar-refractivity contribution in [3.63, 3.8) is 0 Å². The average molecular weight is 310 g/mol. The van der Waals surface area contributed by atoms with E-state index in [1.165, 1.54) is 30.4 Å². The molecule has 1 amide bonds. The first-order valence-corrected chi connectivity index (χ1v) is 7.49. The molecule has 2 nitrogen and oxygen atoms in total. The second-order valence-electron chi connectivity index (χ2n) is 5.22. The number of benzene rings is 1. The Morgan fingerprint density at radius 1 is 1.33 bits per heavy atom. The minimum absolute atomic E-state index is 0.0460. The molecule has 0 aromatic heterocycles. The largest absolute Gasteiger partial charge is 0.352 e. The van der Waals surface area contributed by atoms with Crippen molar-refractivity contribution in [3.8, 4) is 0 Å². The van der Waals surface area contributed by atoms with Gasteiger partial charge in [0.1, 0.15) is 0 Å². The highest BCUT2D eigenvalue weighted by Gasteiger charge is 2.25. The summed E-state index contributed by atoms with van der Waals surface area (Å²) in [5.74, 6) is 0.630. The van der Waals surface area contributed by atoms with Crippen LogP contribution in [0.4, 0.5) is 0 Å². The predicted octanol–water partition coefficient (Wildman–Crippen LogP) is 3.60. The lowest BCUT2D eigenvalue weighted by Gasteiger charge is -2.15. The molecule has 2 unspecified atom stereocenters. The molecule has 0 heterocycles. The van der Waals surface area contributed by atoms with Crippen LogP contribution in [0, 0.1) is 19.8 Å². The number of hydrogen-bond acceptors (Lipinski definition) is 1. The first-order chi connectivity index (χ1) is 8.58. The summed E-state index contributed by atoms with van der Waals surface area (Å²) in [5, 5.41) is 3.05. The second kappa shape index (κ2) is 5.87. The number of rotatable bonds is 3. The van der Waals surface area contributed by atoms with Gasteiger partial charge in [0.05, 0.1) is 0 Å². The van der Waals surface area contributed by atoms with Crippen LogP contribution >= 0.6 is 15.9 Å². The Hall–Kier alpha value is -0.830. The monoisotopic (exact) mass is 309 g/mol. The minimum Gasteiger partial charge on any atom is -0.352 e. The van der Waals surface area contributed by atoms with E-state index in [2.05, 4.69) is 28.2 Å². The molecule has 1 aromatic carbocycles. The Labute approximate surface area is 117 Å². The fourth-order valence-electron chi connectivity index (χ4n) is 2.43. The quantitative estimate of drug-likeness (QED) is 0.849. The van der Waals surface area contributed by atoms with Crippen molar-refractivity contribution in [2.75, 3.05) is 6.54 Å². The Morgan fingerprint density at radius 3 is 2.72 bits per heavy atom. The molecule has 0 bridgehead atoms. The van der Waals surface area contributed by atoms with Crippen LogP contribution in [0.25, 0.3) is 0 Å². The van der Waals surface area contributed by atoms with Gasteiger partial charge in [0, 0.05) is 16.9 Å². The number of alkyl halides is 1. The van der Waals surface area contributed by atoms with Crippen molar-refractivity contribution in [1.82, 2.24) is 5.32 Å². The number of amides is 1. The lowest BCUT2D eigenvalue weighted by atomic mass is 10.1. The van der Waals surface area contributed by atoms with E-state index in [0.29, 0.717) is 10.7 Å². The third-order valence-electron chi connectivity index (χ3n) is 3.86. The zero-order valence-electron chi connectivity index (χ0n) is 11.0. The van der Waals surface area contributed by atoms with Gasteiger partial charge in [-0.2, -0.15) is 0 Å². The molecule has 98 valence electrons. The number of aryl methyl sites for hydroxylation is 2. The zero-order chi connectivity index (χ0) is 13.1. The minimum atomic E-state index is 0.0460. The summed E-state index contributed by atoms with van der Waals surface area (Å²) in [4.78, 5) is 12.6. The second-order valence-corrected chi connectivity index (χ2v) is 6.39. The van der Waals surface area contributed by atoms with Crippen LogP contribution in [-0.4, -0.2) is 17.3 Å². The fourth-order valence-corrected chi connectivity index (χ4v) is 3.21. The summed E-state index contributed by atoms with van der Waals surface area (Å²) in [6, 6.07) is 5.87. The van der Waals surface area contributed by atoms with Crippen molar-refractivity contribution in [2.45, 2.75) is 37.9 Å². The molecule has 2 rings (SSSR count). The maximum Gasteiger partial charge on any atom is 0.251 e. The zero-order valence-corrected chi connectivity index (χ0v) is 12.6. The average Bonchev–Trinajstić information content (AvgIpc) is 2.75. The molecule has 2 atom stereocenters. The highest BCUT2D eigenvalue weighted by Crippen LogP contribution is 2.30. The van der Waals surface area contributed by atoms with E-state index in [-0.39, 0.29) is 5.91 Å². The van der Waals surface area contributed by atoms with Gasteiger partial charge in [0.2, 0.25) is 0 Å². The molecular weight excluding hydrogens is 290 g/mol. The third-order valence-corrected chi connectivity index (χ3v) is 5.07. The lowest BCUT2D eigenvalue weighted by molar-refractivity contribution is 0.0948. The van der Waals surface area contributed by atoms with Crippen LogP contribution in [0.1, 0.15) is 40.7 Å². The Kier molecular flexibility index (Phi) is 4.44. The summed E-state index contributed by atoms with van der Waals surface area (Å²) < 4.78 is 0. The highest BCUT2D eigenvalue weighted by atomic mass is 79.9. The van der Waals surface area contributed by atoms with Gasteiger partial charge in [-0.15, -0.1) is 0 Å². The van der Waals surface area contributed by atoms with E-state index in [0.717, 1.165) is 12.1 Å². The fraction of sp³-hybridized carbons (Fsp3) is 0.533. The van der Waals surface area contributed by atoms with Crippen LogP contribution in [0.5, 0.6) is 0 Å². The van der Waals surface area contributed by atoms with Crippen LogP contribution in [0.2, 0.25) is 0 Å². The van der Waals surface area contributed by atoms with Crippen molar-refractivity contribution < 1.29 is 4.79 Å². The number of nitrogens with one attached hydrogen (secondary N) is 1. The predicted molar refractivity (Wildman–Crippen MR) is 78.3 cm³/mol. The van der Waals surface area contributed by atoms with Gasteiger partial charge in [-0.25, -0.2) is 0 Å². The first kappa shape index (κ1) is 13.6. The van der Waals surface area contributed by atoms with Gasteiger partial charge in [0.25, 0.3) is 5.91 Å². The van der Waals surface area contributed by atoms with Crippen LogP contribution in [0.3, 0.4) is 0 Å². The van der Waals surface area contributed by atoms with E-state index in [1.807, 2.05) is 25.1 Å². The Balaban J connectivity index is 1.93. The van der Waals surface area contributed by atoms with Crippen molar-refractivity contribution in [1.29, 1.82) is 0 Å². The molecule has 0 radical (unpaired) electrons. The SMILES string of the molecule is Cc1ccc(C(=O)NCC2CCCC2Br)cc1C. The van der Waals surface area contributed by atoms with E-state index in [1.54, 1.807) is 0 Å². The van der Waals surface area contributed by atoms with Gasteiger partial charge in [-0.1, -0.05) is 28.4 Å². The van der Waals surface area contributed by atoms with E-state index in [9.17, 15) is 4.79 Å². The molecule has 3 heteroatoms. The molecule has 18 heavy (non-hydrogen) atoms.